The molecule has 1 saturated heterocycles. The second kappa shape index (κ2) is 7.69. The maximum atomic E-state index is 11.9. The fraction of sp³-hybridized carbons (Fsp3) is 0.353. The molecule has 1 heterocycles. The first-order valence-corrected chi connectivity index (χ1v) is 7.45. The summed E-state index contributed by atoms with van der Waals surface area (Å²) in [5, 5.41) is 5.05. The zero-order valence-electron chi connectivity index (χ0n) is 13.0. The predicted octanol–water partition coefficient (Wildman–Crippen LogP) is 1.42. The summed E-state index contributed by atoms with van der Waals surface area (Å²) in [5.41, 5.74) is 1.59. The molecule has 1 aromatic carbocycles. The van der Waals surface area contributed by atoms with Gasteiger partial charge in [-0.05, 0) is 31.0 Å². The van der Waals surface area contributed by atoms with Gasteiger partial charge in [0.1, 0.15) is 6.10 Å². The minimum Gasteiger partial charge on any atom is -0.365 e. The molecule has 0 bridgehead atoms. The first-order valence-electron chi connectivity index (χ1n) is 7.45. The number of benzene rings is 1. The molecule has 2 N–H and O–H groups in total. The van der Waals surface area contributed by atoms with Gasteiger partial charge in [0.2, 0.25) is 11.8 Å². The van der Waals surface area contributed by atoms with Crippen LogP contribution >= 0.6 is 0 Å². The summed E-state index contributed by atoms with van der Waals surface area (Å²) < 4.78 is 5.25. The highest BCUT2D eigenvalue weighted by atomic mass is 16.5. The molecule has 0 radical (unpaired) electrons. The number of ether oxygens (including phenoxy) is 1. The number of hydrogen-bond donors (Lipinski definition) is 2. The molecule has 23 heavy (non-hydrogen) atoms. The summed E-state index contributed by atoms with van der Waals surface area (Å²) in [6.45, 7) is 5.52. The summed E-state index contributed by atoms with van der Waals surface area (Å²) >= 11 is 0. The quantitative estimate of drug-likeness (QED) is 0.588. The minimum atomic E-state index is -0.569. The summed E-state index contributed by atoms with van der Waals surface area (Å²) in [7, 11) is 0. The molecule has 1 aliphatic rings. The second-order valence-corrected chi connectivity index (χ2v) is 5.47. The number of hydrogen-bond acceptors (Lipinski definition) is 4. The summed E-state index contributed by atoms with van der Waals surface area (Å²) in [5.74, 6) is -0.992. The van der Waals surface area contributed by atoms with E-state index in [1.807, 2.05) is 12.1 Å². The van der Waals surface area contributed by atoms with Crippen LogP contribution in [0.25, 0.3) is 0 Å². The van der Waals surface area contributed by atoms with Gasteiger partial charge in [-0.1, -0.05) is 18.2 Å². The standard InChI is InChI=1S/C17H20N2O4/c1-3-8-23-11(2)16(21)18-14-6-4-12(5-7-14)9-13-10-15(20)19-17(13)22/h3-7,11,13H,1,8-10H2,2H3,(H,18,21)(H,19,20,22). The van der Waals surface area contributed by atoms with Crippen molar-refractivity contribution in [2.45, 2.75) is 25.9 Å². The van der Waals surface area contributed by atoms with Crippen LogP contribution in [0.2, 0.25) is 0 Å². The van der Waals surface area contributed by atoms with Crippen molar-refractivity contribution >= 4 is 23.4 Å². The molecule has 0 saturated carbocycles. The molecule has 1 fully saturated rings. The van der Waals surface area contributed by atoms with Gasteiger partial charge in [-0.3, -0.25) is 19.7 Å². The molecule has 1 aliphatic heterocycles. The van der Waals surface area contributed by atoms with Crippen LogP contribution in [0.15, 0.2) is 36.9 Å². The Morgan fingerprint density at radius 3 is 2.70 bits per heavy atom. The largest absolute Gasteiger partial charge is 0.365 e. The topological polar surface area (TPSA) is 84.5 Å². The molecule has 3 amide bonds. The molecule has 6 heteroatoms. The highest BCUT2D eigenvalue weighted by Crippen LogP contribution is 2.19. The van der Waals surface area contributed by atoms with Crippen LogP contribution in [0, 0.1) is 5.92 Å². The van der Waals surface area contributed by atoms with Gasteiger partial charge in [0.15, 0.2) is 0 Å². The number of anilines is 1. The first-order chi connectivity index (χ1) is 11.0. The van der Waals surface area contributed by atoms with Crippen LogP contribution < -0.4 is 10.6 Å². The fourth-order valence-electron chi connectivity index (χ4n) is 2.31. The van der Waals surface area contributed by atoms with Gasteiger partial charge in [-0.15, -0.1) is 6.58 Å². The Morgan fingerprint density at radius 2 is 2.13 bits per heavy atom. The lowest BCUT2D eigenvalue weighted by molar-refractivity contribution is -0.126. The normalized spacial score (nSPS) is 18.4. The van der Waals surface area contributed by atoms with E-state index in [9.17, 15) is 14.4 Å². The lowest BCUT2D eigenvalue weighted by Crippen LogP contribution is -2.27. The SMILES string of the molecule is C=CCOC(C)C(=O)Nc1ccc(CC2CC(=O)NC2=O)cc1. The van der Waals surface area contributed by atoms with E-state index < -0.39 is 6.10 Å². The fourth-order valence-corrected chi connectivity index (χ4v) is 2.31. The number of nitrogens with one attached hydrogen (secondary N) is 2. The molecule has 6 nitrogen and oxygen atoms in total. The summed E-state index contributed by atoms with van der Waals surface area (Å²) in [6, 6.07) is 7.20. The van der Waals surface area contributed by atoms with Crippen molar-refractivity contribution in [3.63, 3.8) is 0 Å². The van der Waals surface area contributed by atoms with Crippen molar-refractivity contribution in [3.8, 4) is 0 Å². The molecule has 122 valence electrons. The third-order valence-corrected chi connectivity index (χ3v) is 3.60. The third kappa shape index (κ3) is 4.75. The number of carbonyl (C=O) groups is 3. The van der Waals surface area contributed by atoms with E-state index >= 15 is 0 Å². The van der Waals surface area contributed by atoms with Gasteiger partial charge in [-0.25, -0.2) is 0 Å². The molecule has 2 atom stereocenters. The number of rotatable bonds is 7. The Morgan fingerprint density at radius 1 is 1.43 bits per heavy atom. The Kier molecular flexibility index (Phi) is 5.65. The molecule has 0 spiro atoms. The average Bonchev–Trinajstić information content (AvgIpc) is 2.84. The predicted molar refractivity (Wildman–Crippen MR) is 85.6 cm³/mol. The van der Waals surface area contributed by atoms with Crippen molar-refractivity contribution in [2.24, 2.45) is 5.92 Å². The monoisotopic (exact) mass is 316 g/mol. The van der Waals surface area contributed by atoms with Crippen LogP contribution in [-0.4, -0.2) is 30.4 Å². The van der Waals surface area contributed by atoms with Crippen LogP contribution in [0.1, 0.15) is 18.9 Å². The Balaban J connectivity index is 1.89. The number of imide groups is 1. The maximum absolute atomic E-state index is 11.9. The number of carbonyl (C=O) groups excluding carboxylic acids is 3. The molecule has 2 unspecified atom stereocenters. The summed E-state index contributed by atoms with van der Waals surface area (Å²) in [4.78, 5) is 34.6. The molecule has 1 aromatic rings. The van der Waals surface area contributed by atoms with E-state index in [-0.39, 0.29) is 30.1 Å². The highest BCUT2D eigenvalue weighted by molar-refractivity contribution is 6.03. The maximum Gasteiger partial charge on any atom is 0.253 e. The van der Waals surface area contributed by atoms with Crippen molar-refractivity contribution in [2.75, 3.05) is 11.9 Å². The average molecular weight is 316 g/mol. The molecular weight excluding hydrogens is 296 g/mol. The smallest absolute Gasteiger partial charge is 0.253 e. The van der Waals surface area contributed by atoms with Crippen LogP contribution in [0.5, 0.6) is 0 Å². The number of amides is 3. The van der Waals surface area contributed by atoms with E-state index in [0.29, 0.717) is 18.7 Å². The van der Waals surface area contributed by atoms with E-state index in [0.717, 1.165) is 5.56 Å². The zero-order valence-corrected chi connectivity index (χ0v) is 13.0. The molecule has 2 rings (SSSR count). The Bertz CT molecular complexity index is 610. The lowest BCUT2D eigenvalue weighted by atomic mass is 9.98. The highest BCUT2D eigenvalue weighted by Gasteiger charge is 2.30. The van der Waals surface area contributed by atoms with E-state index in [4.69, 9.17) is 4.74 Å². The van der Waals surface area contributed by atoms with Crippen LogP contribution in [-0.2, 0) is 25.5 Å². The van der Waals surface area contributed by atoms with E-state index in [1.54, 1.807) is 25.1 Å². The van der Waals surface area contributed by atoms with E-state index in [1.165, 1.54) is 0 Å². The van der Waals surface area contributed by atoms with Crippen molar-refractivity contribution in [1.29, 1.82) is 0 Å². The minimum absolute atomic E-state index is 0.222. The Hall–Kier alpha value is -2.47. The lowest BCUT2D eigenvalue weighted by Gasteiger charge is -2.13. The molecule has 0 aromatic heterocycles. The van der Waals surface area contributed by atoms with E-state index in [2.05, 4.69) is 17.2 Å². The van der Waals surface area contributed by atoms with Crippen LogP contribution in [0.3, 0.4) is 0 Å². The summed E-state index contributed by atoms with van der Waals surface area (Å²) in [6.07, 6.45) is 1.75. The molecular formula is C17H20N2O4. The third-order valence-electron chi connectivity index (χ3n) is 3.60. The van der Waals surface area contributed by atoms with Gasteiger partial charge in [0.25, 0.3) is 5.91 Å². The van der Waals surface area contributed by atoms with Gasteiger partial charge >= 0.3 is 0 Å². The van der Waals surface area contributed by atoms with Gasteiger partial charge in [0.05, 0.1) is 12.5 Å². The van der Waals surface area contributed by atoms with Gasteiger partial charge < -0.3 is 10.1 Å². The Labute approximate surface area is 134 Å². The van der Waals surface area contributed by atoms with Crippen molar-refractivity contribution in [3.05, 3.63) is 42.5 Å². The first kappa shape index (κ1) is 16.9. The van der Waals surface area contributed by atoms with Gasteiger partial charge in [0, 0.05) is 12.1 Å². The molecule has 0 aliphatic carbocycles. The van der Waals surface area contributed by atoms with Crippen molar-refractivity contribution < 1.29 is 19.1 Å². The second-order valence-electron chi connectivity index (χ2n) is 5.47. The van der Waals surface area contributed by atoms with Gasteiger partial charge in [-0.2, -0.15) is 0 Å². The van der Waals surface area contributed by atoms with Crippen molar-refractivity contribution in [1.82, 2.24) is 5.32 Å². The zero-order chi connectivity index (χ0) is 16.8. The van der Waals surface area contributed by atoms with Crippen LogP contribution in [0.4, 0.5) is 5.69 Å².